The molecule has 4 heteroatoms. The van der Waals surface area contributed by atoms with Crippen molar-refractivity contribution in [1.29, 1.82) is 0 Å². The van der Waals surface area contributed by atoms with Crippen LogP contribution in [-0.4, -0.2) is 48.4 Å². The summed E-state index contributed by atoms with van der Waals surface area (Å²) in [7, 11) is 0. The second-order valence-corrected chi connectivity index (χ2v) is 7.69. The van der Waals surface area contributed by atoms with E-state index in [0.29, 0.717) is 0 Å². The zero-order chi connectivity index (χ0) is 16.9. The highest BCUT2D eigenvalue weighted by Crippen LogP contribution is 2.22. The minimum atomic E-state index is 0.191. The van der Waals surface area contributed by atoms with Crippen LogP contribution < -0.4 is 0 Å². The molecule has 3 rings (SSSR count). The van der Waals surface area contributed by atoms with E-state index in [-0.39, 0.29) is 5.91 Å². The highest BCUT2D eigenvalue weighted by molar-refractivity contribution is 7.12. The first-order valence-electron chi connectivity index (χ1n) is 8.44. The summed E-state index contributed by atoms with van der Waals surface area (Å²) in [5.74, 6) is 0.191. The summed E-state index contributed by atoms with van der Waals surface area (Å²) in [5, 5.41) is 0. The summed E-state index contributed by atoms with van der Waals surface area (Å²) in [6.07, 6.45) is 4.37. The van der Waals surface area contributed by atoms with Crippen LogP contribution in [0.1, 0.15) is 25.7 Å². The first-order chi connectivity index (χ1) is 11.6. The third kappa shape index (κ3) is 4.13. The first kappa shape index (κ1) is 16.9. The zero-order valence-corrected chi connectivity index (χ0v) is 15.2. The Hall–Kier alpha value is -1.91. The van der Waals surface area contributed by atoms with Crippen molar-refractivity contribution in [2.24, 2.45) is 0 Å². The van der Waals surface area contributed by atoms with E-state index in [4.69, 9.17) is 0 Å². The largest absolute Gasteiger partial charge is 0.336 e. The minimum Gasteiger partial charge on any atom is -0.336 e. The van der Waals surface area contributed by atoms with E-state index in [2.05, 4.69) is 48.2 Å². The van der Waals surface area contributed by atoms with Crippen LogP contribution in [0.5, 0.6) is 0 Å². The molecule has 0 bridgehead atoms. The summed E-state index contributed by atoms with van der Waals surface area (Å²) in [5.41, 5.74) is 2.12. The number of aryl methyl sites for hydroxylation is 2. The van der Waals surface area contributed by atoms with Crippen LogP contribution in [-0.2, 0) is 0 Å². The van der Waals surface area contributed by atoms with E-state index >= 15 is 0 Å². The van der Waals surface area contributed by atoms with Gasteiger partial charge in [-0.05, 0) is 25.5 Å². The van der Waals surface area contributed by atoms with Crippen molar-refractivity contribution >= 4 is 23.3 Å². The van der Waals surface area contributed by atoms with Crippen molar-refractivity contribution in [3.8, 4) is 0 Å². The normalized spacial score (nSPS) is 16.0. The SMILES string of the molecule is Cc1cc(C(=O)N2CCN(C/C=C/c3ccccc3)CC2)c(C)s1. The van der Waals surface area contributed by atoms with Gasteiger partial charge in [0.25, 0.3) is 5.91 Å². The van der Waals surface area contributed by atoms with E-state index in [0.717, 1.165) is 43.2 Å². The molecule has 24 heavy (non-hydrogen) atoms. The Morgan fingerprint density at radius 1 is 1.12 bits per heavy atom. The monoisotopic (exact) mass is 340 g/mol. The standard InChI is InChI=1S/C20H24N2OS/c1-16-15-19(17(2)24-16)20(23)22-13-11-21(12-14-22)10-6-9-18-7-4-3-5-8-18/h3-9,15H,10-14H2,1-2H3/b9-6+. The predicted octanol–water partition coefficient (Wildman–Crippen LogP) is 3.84. The Kier molecular flexibility index (Phi) is 5.48. The van der Waals surface area contributed by atoms with Gasteiger partial charge in [0.05, 0.1) is 5.56 Å². The number of amides is 1. The summed E-state index contributed by atoms with van der Waals surface area (Å²) in [4.78, 5) is 19.4. The van der Waals surface area contributed by atoms with Gasteiger partial charge in [-0.1, -0.05) is 42.5 Å². The maximum Gasteiger partial charge on any atom is 0.255 e. The molecule has 126 valence electrons. The van der Waals surface area contributed by atoms with Gasteiger partial charge in [-0.3, -0.25) is 9.69 Å². The van der Waals surface area contributed by atoms with Gasteiger partial charge in [-0.15, -0.1) is 11.3 Å². The first-order valence-corrected chi connectivity index (χ1v) is 9.25. The highest BCUT2D eigenvalue weighted by atomic mass is 32.1. The van der Waals surface area contributed by atoms with E-state index in [9.17, 15) is 4.79 Å². The molecule has 2 aromatic rings. The van der Waals surface area contributed by atoms with Crippen LogP contribution >= 0.6 is 11.3 Å². The van der Waals surface area contributed by atoms with Gasteiger partial charge in [0.1, 0.15) is 0 Å². The third-order valence-electron chi connectivity index (χ3n) is 4.40. The Labute approximate surface area is 148 Å². The predicted molar refractivity (Wildman–Crippen MR) is 102 cm³/mol. The fourth-order valence-electron chi connectivity index (χ4n) is 3.05. The Morgan fingerprint density at radius 3 is 2.46 bits per heavy atom. The molecule has 1 fully saturated rings. The van der Waals surface area contributed by atoms with Crippen molar-refractivity contribution in [2.45, 2.75) is 13.8 Å². The average Bonchev–Trinajstić information content (AvgIpc) is 2.94. The van der Waals surface area contributed by atoms with Gasteiger partial charge >= 0.3 is 0 Å². The Bertz CT molecular complexity index is 712. The van der Waals surface area contributed by atoms with Crippen LogP contribution in [0.4, 0.5) is 0 Å². The molecule has 0 unspecified atom stereocenters. The molecule has 1 aliphatic rings. The van der Waals surface area contributed by atoms with Gasteiger partial charge in [0, 0.05) is 42.5 Å². The highest BCUT2D eigenvalue weighted by Gasteiger charge is 2.23. The number of hydrogen-bond donors (Lipinski definition) is 0. The van der Waals surface area contributed by atoms with Gasteiger partial charge < -0.3 is 4.90 Å². The van der Waals surface area contributed by atoms with E-state index in [1.54, 1.807) is 11.3 Å². The lowest BCUT2D eigenvalue weighted by atomic mass is 10.2. The second-order valence-electron chi connectivity index (χ2n) is 6.23. The molecule has 2 heterocycles. The summed E-state index contributed by atoms with van der Waals surface area (Å²) in [6, 6.07) is 12.4. The molecule has 0 aliphatic carbocycles. The van der Waals surface area contributed by atoms with Gasteiger partial charge in [-0.25, -0.2) is 0 Å². The van der Waals surface area contributed by atoms with Gasteiger partial charge in [-0.2, -0.15) is 0 Å². The molecule has 0 spiro atoms. The number of thiophene rings is 1. The molecule has 1 aliphatic heterocycles. The van der Waals surface area contributed by atoms with Gasteiger partial charge in [0.2, 0.25) is 0 Å². The third-order valence-corrected chi connectivity index (χ3v) is 5.37. The minimum absolute atomic E-state index is 0.191. The molecule has 1 amide bonds. The Balaban J connectivity index is 1.50. The quantitative estimate of drug-likeness (QED) is 0.844. The molecule has 1 aromatic heterocycles. The molecular weight excluding hydrogens is 316 g/mol. The van der Waals surface area contributed by atoms with Crippen LogP contribution in [0, 0.1) is 13.8 Å². The number of carbonyl (C=O) groups is 1. The lowest BCUT2D eigenvalue weighted by Gasteiger charge is -2.34. The molecule has 1 saturated heterocycles. The molecule has 0 radical (unpaired) electrons. The molecule has 0 atom stereocenters. The summed E-state index contributed by atoms with van der Waals surface area (Å²) < 4.78 is 0. The summed E-state index contributed by atoms with van der Waals surface area (Å²) in [6.45, 7) is 8.53. The number of rotatable bonds is 4. The fourth-order valence-corrected chi connectivity index (χ4v) is 3.96. The number of hydrogen-bond acceptors (Lipinski definition) is 3. The smallest absolute Gasteiger partial charge is 0.255 e. The number of benzene rings is 1. The lowest BCUT2D eigenvalue weighted by Crippen LogP contribution is -2.48. The molecule has 0 N–H and O–H groups in total. The lowest BCUT2D eigenvalue weighted by molar-refractivity contribution is 0.0650. The maximum atomic E-state index is 12.6. The van der Waals surface area contributed by atoms with Crippen molar-refractivity contribution in [3.63, 3.8) is 0 Å². The van der Waals surface area contributed by atoms with Crippen molar-refractivity contribution in [3.05, 3.63) is 63.4 Å². The number of piperazine rings is 1. The summed E-state index contributed by atoms with van der Waals surface area (Å²) >= 11 is 1.70. The van der Waals surface area contributed by atoms with Crippen molar-refractivity contribution < 1.29 is 4.79 Å². The van der Waals surface area contributed by atoms with Crippen LogP contribution in [0.3, 0.4) is 0 Å². The van der Waals surface area contributed by atoms with E-state index < -0.39 is 0 Å². The molecule has 3 nitrogen and oxygen atoms in total. The second kappa shape index (κ2) is 7.77. The number of carbonyl (C=O) groups excluding carboxylic acids is 1. The maximum absolute atomic E-state index is 12.6. The van der Waals surface area contributed by atoms with E-state index in [1.165, 1.54) is 10.4 Å². The van der Waals surface area contributed by atoms with Gasteiger partial charge in [0.15, 0.2) is 0 Å². The molecule has 1 aromatic carbocycles. The molecular formula is C20H24N2OS. The van der Waals surface area contributed by atoms with Crippen molar-refractivity contribution in [2.75, 3.05) is 32.7 Å². The molecule has 0 saturated carbocycles. The van der Waals surface area contributed by atoms with Crippen LogP contribution in [0.25, 0.3) is 6.08 Å². The Morgan fingerprint density at radius 2 is 1.83 bits per heavy atom. The number of nitrogens with zero attached hydrogens (tertiary/aromatic N) is 2. The zero-order valence-electron chi connectivity index (χ0n) is 14.4. The van der Waals surface area contributed by atoms with Crippen molar-refractivity contribution in [1.82, 2.24) is 9.80 Å². The van der Waals surface area contributed by atoms with E-state index in [1.807, 2.05) is 24.0 Å². The van der Waals surface area contributed by atoms with Crippen LogP contribution in [0.2, 0.25) is 0 Å². The fraction of sp³-hybridized carbons (Fsp3) is 0.350. The topological polar surface area (TPSA) is 23.6 Å². The average molecular weight is 340 g/mol. The van der Waals surface area contributed by atoms with Crippen LogP contribution in [0.15, 0.2) is 42.5 Å².